The van der Waals surface area contributed by atoms with Gasteiger partial charge in [0, 0.05) is 5.56 Å². The quantitative estimate of drug-likeness (QED) is 0.401. The maximum atomic E-state index is 13.7. The molecule has 4 rings (SSSR count). The zero-order chi connectivity index (χ0) is 25.9. The summed E-state index contributed by atoms with van der Waals surface area (Å²) < 4.78 is 63.4. The van der Waals surface area contributed by atoms with E-state index in [1.165, 1.54) is 7.11 Å². The largest absolute Gasteiger partial charge is 0.496 e. The molecule has 0 unspecified atom stereocenters. The SMILES string of the molecule is COc1cc(-c2ccccc2)ccc1C1(N(CC(=O)O)S(=O)(=O)c2ccc(OC(F)F)cc2)CCC1. The summed E-state index contributed by atoms with van der Waals surface area (Å²) in [5.74, 6) is -1.07. The van der Waals surface area contributed by atoms with Crippen molar-refractivity contribution in [1.82, 2.24) is 4.31 Å². The van der Waals surface area contributed by atoms with Crippen molar-refractivity contribution < 1.29 is 36.6 Å². The van der Waals surface area contributed by atoms with Crippen molar-refractivity contribution in [3.63, 3.8) is 0 Å². The van der Waals surface area contributed by atoms with Gasteiger partial charge in [-0.05, 0) is 60.7 Å². The van der Waals surface area contributed by atoms with Gasteiger partial charge in [0.15, 0.2) is 0 Å². The van der Waals surface area contributed by atoms with Crippen LogP contribution in [-0.2, 0) is 20.4 Å². The molecule has 0 spiro atoms. The number of carbonyl (C=O) groups is 1. The molecule has 0 saturated heterocycles. The highest BCUT2D eigenvalue weighted by molar-refractivity contribution is 7.89. The molecule has 7 nitrogen and oxygen atoms in total. The molecule has 0 atom stereocenters. The molecule has 1 fully saturated rings. The lowest BCUT2D eigenvalue weighted by Crippen LogP contribution is -2.55. The van der Waals surface area contributed by atoms with E-state index in [0.29, 0.717) is 30.6 Å². The number of carboxylic acid groups (broad SMARTS) is 1. The van der Waals surface area contributed by atoms with E-state index in [1.54, 1.807) is 6.07 Å². The molecule has 0 aliphatic heterocycles. The van der Waals surface area contributed by atoms with Gasteiger partial charge in [-0.25, -0.2) is 8.42 Å². The highest BCUT2D eigenvalue weighted by Gasteiger charge is 2.51. The van der Waals surface area contributed by atoms with Crippen LogP contribution in [0.15, 0.2) is 77.7 Å². The Kier molecular flexibility index (Phi) is 7.28. The molecule has 1 N–H and O–H groups in total. The van der Waals surface area contributed by atoms with Crippen molar-refractivity contribution in [2.24, 2.45) is 0 Å². The molecule has 36 heavy (non-hydrogen) atoms. The number of aliphatic carboxylic acids is 1. The fourth-order valence-electron chi connectivity index (χ4n) is 4.56. The van der Waals surface area contributed by atoms with Crippen molar-refractivity contribution in [2.75, 3.05) is 13.7 Å². The average molecular weight is 518 g/mol. The summed E-state index contributed by atoms with van der Waals surface area (Å²) in [5.41, 5.74) is 1.24. The minimum atomic E-state index is -4.34. The van der Waals surface area contributed by atoms with Gasteiger partial charge in [-0.3, -0.25) is 4.79 Å². The summed E-state index contributed by atoms with van der Waals surface area (Å²) in [4.78, 5) is 11.6. The first-order valence-corrected chi connectivity index (χ1v) is 12.6. The van der Waals surface area contributed by atoms with E-state index >= 15 is 0 Å². The molecule has 1 aliphatic rings. The Morgan fingerprint density at radius 2 is 1.69 bits per heavy atom. The molecule has 1 aliphatic carbocycles. The van der Waals surface area contributed by atoms with Gasteiger partial charge < -0.3 is 14.6 Å². The van der Waals surface area contributed by atoms with Crippen LogP contribution in [-0.4, -0.2) is 44.1 Å². The number of nitrogens with zero attached hydrogens (tertiary/aromatic N) is 1. The van der Waals surface area contributed by atoms with Gasteiger partial charge in [0.1, 0.15) is 18.0 Å². The predicted molar refractivity (Wildman–Crippen MR) is 129 cm³/mol. The molecule has 0 aromatic heterocycles. The van der Waals surface area contributed by atoms with Crippen LogP contribution in [0.25, 0.3) is 11.1 Å². The number of ether oxygens (including phenoxy) is 2. The van der Waals surface area contributed by atoms with E-state index in [0.717, 1.165) is 39.7 Å². The third kappa shape index (κ3) is 4.91. The maximum Gasteiger partial charge on any atom is 0.387 e. The summed E-state index contributed by atoms with van der Waals surface area (Å²) in [6, 6.07) is 19.5. The second kappa shape index (κ2) is 10.2. The number of rotatable bonds is 10. The van der Waals surface area contributed by atoms with Gasteiger partial charge in [0.25, 0.3) is 0 Å². The molecule has 0 bridgehead atoms. The monoisotopic (exact) mass is 517 g/mol. The zero-order valence-corrected chi connectivity index (χ0v) is 20.3. The topological polar surface area (TPSA) is 93.1 Å². The van der Waals surface area contributed by atoms with Crippen LogP contribution in [0.1, 0.15) is 24.8 Å². The summed E-state index contributed by atoms with van der Waals surface area (Å²) in [7, 11) is -2.86. The van der Waals surface area contributed by atoms with E-state index in [9.17, 15) is 27.1 Å². The van der Waals surface area contributed by atoms with Gasteiger partial charge in [-0.2, -0.15) is 13.1 Å². The third-order valence-corrected chi connectivity index (χ3v) is 8.31. The number of methoxy groups -OCH3 is 1. The Morgan fingerprint density at radius 1 is 1.03 bits per heavy atom. The van der Waals surface area contributed by atoms with Crippen molar-refractivity contribution >= 4 is 16.0 Å². The molecule has 3 aromatic carbocycles. The average Bonchev–Trinajstić information content (AvgIpc) is 2.83. The number of hydrogen-bond donors (Lipinski definition) is 1. The molecule has 10 heteroatoms. The Labute approximate surface area is 207 Å². The fraction of sp³-hybridized carbons (Fsp3) is 0.269. The van der Waals surface area contributed by atoms with Crippen LogP contribution in [0, 0.1) is 0 Å². The third-order valence-electron chi connectivity index (χ3n) is 6.38. The molecular formula is C26H25F2NO6S. The number of carboxylic acids is 1. The van der Waals surface area contributed by atoms with E-state index in [2.05, 4.69) is 4.74 Å². The molecule has 1 saturated carbocycles. The number of sulfonamides is 1. The van der Waals surface area contributed by atoms with Crippen LogP contribution in [0.4, 0.5) is 8.78 Å². The molecule has 0 radical (unpaired) electrons. The Hall–Kier alpha value is -3.50. The smallest absolute Gasteiger partial charge is 0.387 e. The van der Waals surface area contributed by atoms with Gasteiger partial charge in [-0.15, -0.1) is 0 Å². The van der Waals surface area contributed by atoms with E-state index in [1.807, 2.05) is 42.5 Å². The second-order valence-electron chi connectivity index (χ2n) is 8.42. The normalized spacial score (nSPS) is 14.9. The fourth-order valence-corrected chi connectivity index (χ4v) is 6.32. The van der Waals surface area contributed by atoms with Gasteiger partial charge in [-0.1, -0.05) is 42.5 Å². The van der Waals surface area contributed by atoms with Crippen molar-refractivity contribution in [3.8, 4) is 22.6 Å². The standard InChI is InChI=1S/C26H25F2NO6S/c1-34-23-16-19(18-6-3-2-4-7-18)8-13-22(23)26(14-5-15-26)29(17-24(30)31)36(32,33)21-11-9-20(10-12-21)35-25(27)28/h2-4,6-13,16,25H,5,14-15,17H2,1H3,(H,30,31). The van der Waals surface area contributed by atoms with Gasteiger partial charge in [0.05, 0.1) is 17.5 Å². The first-order chi connectivity index (χ1) is 17.2. The predicted octanol–water partition coefficient (Wildman–Crippen LogP) is 5.12. The molecule has 0 heterocycles. The summed E-state index contributed by atoms with van der Waals surface area (Å²) >= 11 is 0. The number of alkyl halides is 2. The highest BCUT2D eigenvalue weighted by Crippen LogP contribution is 2.52. The molecular weight excluding hydrogens is 492 g/mol. The van der Waals surface area contributed by atoms with E-state index in [4.69, 9.17) is 4.74 Å². The summed E-state index contributed by atoms with van der Waals surface area (Å²) in [5, 5.41) is 9.65. The van der Waals surface area contributed by atoms with E-state index < -0.39 is 34.7 Å². The van der Waals surface area contributed by atoms with E-state index in [-0.39, 0.29) is 10.6 Å². The highest BCUT2D eigenvalue weighted by atomic mass is 32.2. The van der Waals surface area contributed by atoms with Crippen molar-refractivity contribution in [3.05, 3.63) is 78.4 Å². The van der Waals surface area contributed by atoms with Crippen LogP contribution in [0.3, 0.4) is 0 Å². The lowest BCUT2D eigenvalue weighted by atomic mass is 9.71. The van der Waals surface area contributed by atoms with Crippen LogP contribution in [0.2, 0.25) is 0 Å². The second-order valence-corrected chi connectivity index (χ2v) is 10.3. The maximum absolute atomic E-state index is 13.7. The molecule has 190 valence electrons. The number of benzene rings is 3. The van der Waals surface area contributed by atoms with Gasteiger partial charge in [0.2, 0.25) is 10.0 Å². The first-order valence-electron chi connectivity index (χ1n) is 11.2. The summed E-state index contributed by atoms with van der Waals surface area (Å²) in [6.45, 7) is -3.83. The number of hydrogen-bond acceptors (Lipinski definition) is 5. The Morgan fingerprint density at radius 3 is 2.22 bits per heavy atom. The number of halogens is 2. The first kappa shape index (κ1) is 25.6. The summed E-state index contributed by atoms with van der Waals surface area (Å²) in [6.07, 6.45) is 1.48. The van der Waals surface area contributed by atoms with Crippen LogP contribution >= 0.6 is 0 Å². The minimum absolute atomic E-state index is 0.203. The van der Waals surface area contributed by atoms with Crippen LogP contribution < -0.4 is 9.47 Å². The Balaban J connectivity index is 1.78. The lowest BCUT2D eigenvalue weighted by molar-refractivity contribution is -0.139. The van der Waals surface area contributed by atoms with Gasteiger partial charge >= 0.3 is 12.6 Å². The molecule has 0 amide bonds. The Bertz CT molecular complexity index is 1330. The lowest BCUT2D eigenvalue weighted by Gasteiger charge is -2.49. The molecule has 3 aromatic rings. The minimum Gasteiger partial charge on any atom is -0.496 e. The van der Waals surface area contributed by atoms with Crippen molar-refractivity contribution in [2.45, 2.75) is 36.3 Å². The van der Waals surface area contributed by atoms with Crippen LogP contribution in [0.5, 0.6) is 11.5 Å². The van der Waals surface area contributed by atoms with Crippen molar-refractivity contribution in [1.29, 1.82) is 0 Å². The zero-order valence-electron chi connectivity index (χ0n) is 19.4.